The molecular weight excluding hydrogens is 323 g/mol. The van der Waals surface area contributed by atoms with Gasteiger partial charge in [-0.3, -0.25) is 4.79 Å². The van der Waals surface area contributed by atoms with Crippen LogP contribution in [0.15, 0.2) is 24.3 Å². The molecule has 0 saturated heterocycles. The minimum absolute atomic E-state index is 0.275. The van der Waals surface area contributed by atoms with Crippen molar-refractivity contribution < 1.29 is 4.79 Å². The lowest BCUT2D eigenvalue weighted by atomic mass is 10.3. The molecule has 0 spiro atoms. The number of anilines is 2. The Bertz CT molecular complexity index is 691. The van der Waals surface area contributed by atoms with Gasteiger partial charge in [-0.2, -0.15) is 0 Å². The summed E-state index contributed by atoms with van der Waals surface area (Å²) >= 11 is 11.9. The number of nitrogens with one attached hydrogen (secondary N) is 2. The van der Waals surface area contributed by atoms with Crippen LogP contribution in [0.2, 0.25) is 10.0 Å². The van der Waals surface area contributed by atoms with Gasteiger partial charge in [0.05, 0.1) is 10.7 Å². The van der Waals surface area contributed by atoms with Crippen LogP contribution in [0.1, 0.15) is 29.5 Å². The predicted molar refractivity (Wildman–Crippen MR) is 90.0 cm³/mol. The average molecular weight is 339 g/mol. The first-order valence-electron chi connectivity index (χ1n) is 6.85. The Balaban J connectivity index is 2.20. The second-order valence-electron chi connectivity index (χ2n) is 4.72. The van der Waals surface area contributed by atoms with E-state index in [2.05, 4.69) is 20.6 Å². The number of hydrogen-bond donors (Lipinski definition) is 2. The smallest absolute Gasteiger partial charge is 0.274 e. The number of halogens is 2. The third-order valence-electron chi connectivity index (χ3n) is 2.80. The first kappa shape index (κ1) is 16.5. The first-order chi connectivity index (χ1) is 10.5. The fraction of sp³-hybridized carbons (Fsp3) is 0.267. The van der Waals surface area contributed by atoms with Crippen molar-refractivity contribution in [3.05, 3.63) is 45.7 Å². The molecule has 0 fully saturated rings. The Labute approximate surface area is 139 Å². The van der Waals surface area contributed by atoms with Crippen LogP contribution in [-0.2, 0) is 0 Å². The molecule has 2 aromatic rings. The van der Waals surface area contributed by atoms with Crippen LogP contribution in [0.3, 0.4) is 0 Å². The van der Waals surface area contributed by atoms with Crippen molar-refractivity contribution in [2.24, 2.45) is 0 Å². The van der Waals surface area contributed by atoms with Gasteiger partial charge in [-0.05, 0) is 37.6 Å². The maximum atomic E-state index is 12.3. The molecule has 5 nitrogen and oxygen atoms in total. The number of aromatic nitrogens is 2. The van der Waals surface area contributed by atoms with Gasteiger partial charge in [0.25, 0.3) is 5.91 Å². The zero-order valence-electron chi connectivity index (χ0n) is 12.3. The van der Waals surface area contributed by atoms with E-state index in [4.69, 9.17) is 23.2 Å². The van der Waals surface area contributed by atoms with Gasteiger partial charge in [-0.15, -0.1) is 0 Å². The number of benzene rings is 1. The minimum atomic E-state index is -0.353. The normalized spacial score (nSPS) is 10.4. The highest BCUT2D eigenvalue weighted by Gasteiger charge is 2.12. The molecule has 0 aliphatic rings. The molecule has 0 bridgehead atoms. The van der Waals surface area contributed by atoms with Crippen molar-refractivity contribution in [2.75, 3.05) is 17.2 Å². The van der Waals surface area contributed by atoms with E-state index in [0.717, 1.165) is 13.0 Å². The lowest BCUT2D eigenvalue weighted by Crippen LogP contribution is -2.16. The summed E-state index contributed by atoms with van der Waals surface area (Å²) in [5.74, 6) is 0.0865. The molecule has 1 heterocycles. The quantitative estimate of drug-likeness (QED) is 0.858. The number of aryl methyl sites for hydroxylation is 1. The number of rotatable bonds is 5. The van der Waals surface area contributed by atoms with E-state index in [1.54, 1.807) is 24.3 Å². The SMILES string of the molecule is CCCNc1nc(C)cc(C(=O)Nc2ccc(Cl)cc2Cl)n1. The number of nitrogens with zero attached hydrogens (tertiary/aromatic N) is 2. The fourth-order valence-corrected chi connectivity index (χ4v) is 2.23. The fourth-order valence-electron chi connectivity index (χ4n) is 1.78. The summed E-state index contributed by atoms with van der Waals surface area (Å²) in [7, 11) is 0. The molecule has 0 radical (unpaired) electrons. The van der Waals surface area contributed by atoms with Crippen molar-refractivity contribution in [1.82, 2.24) is 9.97 Å². The molecular formula is C15H16Cl2N4O. The van der Waals surface area contributed by atoms with Crippen LogP contribution in [-0.4, -0.2) is 22.4 Å². The topological polar surface area (TPSA) is 66.9 Å². The first-order valence-corrected chi connectivity index (χ1v) is 7.61. The highest BCUT2D eigenvalue weighted by atomic mass is 35.5. The summed E-state index contributed by atoms with van der Waals surface area (Å²) in [6.07, 6.45) is 0.944. The summed E-state index contributed by atoms with van der Waals surface area (Å²) in [6.45, 7) is 4.59. The Morgan fingerprint density at radius 1 is 1.23 bits per heavy atom. The standard InChI is InChI=1S/C15H16Cl2N4O/c1-3-6-18-15-19-9(2)7-13(21-15)14(22)20-12-5-4-10(16)8-11(12)17/h4-5,7-8H,3,6H2,1-2H3,(H,20,22)(H,18,19,21). The minimum Gasteiger partial charge on any atom is -0.354 e. The average Bonchev–Trinajstić information content (AvgIpc) is 2.47. The molecule has 2 N–H and O–H groups in total. The summed E-state index contributed by atoms with van der Waals surface area (Å²) in [6, 6.07) is 6.49. The highest BCUT2D eigenvalue weighted by molar-refractivity contribution is 6.36. The maximum absolute atomic E-state index is 12.3. The van der Waals surface area contributed by atoms with Gasteiger partial charge in [0.1, 0.15) is 5.69 Å². The molecule has 2 rings (SSSR count). The van der Waals surface area contributed by atoms with Crippen LogP contribution in [0.4, 0.5) is 11.6 Å². The molecule has 1 amide bonds. The molecule has 22 heavy (non-hydrogen) atoms. The van der Waals surface area contributed by atoms with Crippen molar-refractivity contribution in [3.8, 4) is 0 Å². The monoisotopic (exact) mass is 338 g/mol. The van der Waals surface area contributed by atoms with Gasteiger partial charge in [0.15, 0.2) is 0 Å². The lowest BCUT2D eigenvalue weighted by molar-refractivity contribution is 0.102. The van der Waals surface area contributed by atoms with E-state index in [-0.39, 0.29) is 11.6 Å². The molecule has 0 aliphatic carbocycles. The molecule has 0 unspecified atom stereocenters. The van der Waals surface area contributed by atoms with Crippen LogP contribution in [0.5, 0.6) is 0 Å². The van der Waals surface area contributed by atoms with Gasteiger partial charge >= 0.3 is 0 Å². The van der Waals surface area contributed by atoms with E-state index in [1.807, 2.05) is 13.8 Å². The molecule has 0 atom stereocenters. The van der Waals surface area contributed by atoms with Gasteiger partial charge in [0.2, 0.25) is 5.95 Å². The Kier molecular flexibility index (Phi) is 5.57. The van der Waals surface area contributed by atoms with E-state index >= 15 is 0 Å². The van der Waals surface area contributed by atoms with Crippen molar-refractivity contribution in [2.45, 2.75) is 20.3 Å². The molecule has 1 aromatic carbocycles. The third kappa shape index (κ3) is 4.32. The van der Waals surface area contributed by atoms with Gasteiger partial charge in [-0.1, -0.05) is 30.1 Å². The van der Waals surface area contributed by atoms with Crippen molar-refractivity contribution in [3.63, 3.8) is 0 Å². The van der Waals surface area contributed by atoms with Gasteiger partial charge in [0, 0.05) is 17.3 Å². The summed E-state index contributed by atoms with van der Waals surface area (Å²) < 4.78 is 0. The third-order valence-corrected chi connectivity index (χ3v) is 3.35. The van der Waals surface area contributed by atoms with E-state index in [0.29, 0.717) is 27.4 Å². The highest BCUT2D eigenvalue weighted by Crippen LogP contribution is 2.25. The maximum Gasteiger partial charge on any atom is 0.274 e. The molecule has 1 aromatic heterocycles. The van der Waals surface area contributed by atoms with Crippen LogP contribution < -0.4 is 10.6 Å². The summed E-state index contributed by atoms with van der Waals surface area (Å²) in [4.78, 5) is 20.8. The largest absolute Gasteiger partial charge is 0.354 e. The number of hydrogen-bond acceptors (Lipinski definition) is 4. The molecule has 0 saturated carbocycles. The number of carbonyl (C=O) groups is 1. The predicted octanol–water partition coefficient (Wildman–Crippen LogP) is 4.17. The number of amides is 1. The lowest BCUT2D eigenvalue weighted by Gasteiger charge is -2.09. The van der Waals surface area contributed by atoms with E-state index < -0.39 is 0 Å². The Morgan fingerprint density at radius 2 is 2.00 bits per heavy atom. The zero-order chi connectivity index (χ0) is 16.1. The van der Waals surface area contributed by atoms with Gasteiger partial charge in [-0.25, -0.2) is 9.97 Å². The van der Waals surface area contributed by atoms with E-state index in [1.165, 1.54) is 0 Å². The molecule has 7 heteroatoms. The summed E-state index contributed by atoms with van der Waals surface area (Å²) in [5, 5.41) is 6.66. The second kappa shape index (κ2) is 7.42. The van der Waals surface area contributed by atoms with Gasteiger partial charge < -0.3 is 10.6 Å². The van der Waals surface area contributed by atoms with Crippen molar-refractivity contribution >= 4 is 40.7 Å². The van der Waals surface area contributed by atoms with Crippen LogP contribution in [0.25, 0.3) is 0 Å². The zero-order valence-corrected chi connectivity index (χ0v) is 13.8. The molecule has 116 valence electrons. The number of carbonyl (C=O) groups excluding carboxylic acids is 1. The van der Waals surface area contributed by atoms with Crippen molar-refractivity contribution in [1.29, 1.82) is 0 Å². The Morgan fingerprint density at radius 3 is 2.68 bits per heavy atom. The Hall–Kier alpha value is -1.85. The van der Waals surface area contributed by atoms with Crippen LogP contribution in [0, 0.1) is 6.92 Å². The molecule has 0 aliphatic heterocycles. The second-order valence-corrected chi connectivity index (χ2v) is 5.57. The van der Waals surface area contributed by atoms with E-state index in [9.17, 15) is 4.79 Å². The van der Waals surface area contributed by atoms with Crippen LogP contribution >= 0.6 is 23.2 Å². The summed E-state index contributed by atoms with van der Waals surface area (Å²) in [5.41, 5.74) is 1.47.